The molecule has 0 aromatic heterocycles. The lowest BCUT2D eigenvalue weighted by atomic mass is 10.1. The Hall–Kier alpha value is -3.39. The smallest absolute Gasteiger partial charge is 0.337 e. The maximum atomic E-state index is 12.6. The molecule has 0 saturated carbocycles. The quantitative estimate of drug-likeness (QED) is 0.587. The molecule has 1 unspecified atom stereocenters. The maximum Gasteiger partial charge on any atom is 0.337 e. The zero-order valence-corrected chi connectivity index (χ0v) is 18.7. The molecule has 2 N–H and O–H groups in total. The second-order valence-electron chi connectivity index (χ2n) is 7.35. The third-order valence-electron chi connectivity index (χ3n) is 4.88. The molecule has 8 heteroatoms. The van der Waals surface area contributed by atoms with E-state index < -0.39 is 11.9 Å². The number of nitrogens with zero attached hydrogens (tertiary/aromatic N) is 1. The van der Waals surface area contributed by atoms with Crippen LogP contribution in [-0.4, -0.2) is 59.3 Å². The van der Waals surface area contributed by atoms with Gasteiger partial charge in [-0.2, -0.15) is 0 Å². The molecule has 0 heterocycles. The number of hydrogen-bond acceptors (Lipinski definition) is 6. The minimum absolute atomic E-state index is 0.154. The molecule has 31 heavy (non-hydrogen) atoms. The molecule has 2 aromatic carbocycles. The second-order valence-corrected chi connectivity index (χ2v) is 7.35. The molecule has 2 aromatic rings. The first-order valence-electron chi connectivity index (χ1n) is 9.98. The number of quaternary nitrogens is 1. The Morgan fingerprint density at radius 3 is 1.94 bits per heavy atom. The highest BCUT2D eigenvalue weighted by atomic mass is 16.5. The van der Waals surface area contributed by atoms with Crippen LogP contribution in [0.1, 0.15) is 33.2 Å². The number of anilines is 2. The second kappa shape index (κ2) is 11.1. The van der Waals surface area contributed by atoms with E-state index in [-0.39, 0.29) is 23.6 Å². The van der Waals surface area contributed by atoms with Gasteiger partial charge in [-0.1, -0.05) is 12.1 Å². The minimum atomic E-state index is -0.608. The molecule has 2 rings (SSSR count). The normalized spacial score (nSPS) is 11.4. The fraction of sp³-hybridized carbons (Fsp3) is 0.348. The topological polar surface area (TPSA) is 89.4 Å². The first kappa shape index (κ1) is 23.9. The third-order valence-corrected chi connectivity index (χ3v) is 4.88. The summed E-state index contributed by atoms with van der Waals surface area (Å²) in [6, 6.07) is 12.5. The fourth-order valence-electron chi connectivity index (χ4n) is 3.12. The van der Waals surface area contributed by atoms with Crippen molar-refractivity contribution in [3.05, 3.63) is 59.2 Å². The van der Waals surface area contributed by atoms with Crippen molar-refractivity contribution in [1.82, 2.24) is 0 Å². The van der Waals surface area contributed by atoms with Gasteiger partial charge in [-0.25, -0.2) is 9.59 Å². The molecule has 8 nitrogen and oxygen atoms in total. The lowest BCUT2D eigenvalue weighted by molar-refractivity contribution is -0.903. The Balaban J connectivity index is 2.10. The highest BCUT2D eigenvalue weighted by Gasteiger charge is 2.17. The highest BCUT2D eigenvalue weighted by molar-refractivity contribution is 5.99. The predicted octanol–water partition coefficient (Wildman–Crippen LogP) is 1.37. The van der Waals surface area contributed by atoms with E-state index in [1.807, 2.05) is 25.9 Å². The van der Waals surface area contributed by atoms with Gasteiger partial charge in [0.05, 0.1) is 31.9 Å². The summed E-state index contributed by atoms with van der Waals surface area (Å²) in [5.74, 6) is -1.44. The van der Waals surface area contributed by atoms with Gasteiger partial charge in [0.1, 0.15) is 6.54 Å². The molecule has 0 bridgehead atoms. The van der Waals surface area contributed by atoms with Gasteiger partial charge < -0.3 is 24.6 Å². The average molecular weight is 429 g/mol. The van der Waals surface area contributed by atoms with Crippen LogP contribution in [0.15, 0.2) is 42.5 Å². The Labute approximate surface area is 182 Å². The standard InChI is InChI=1S/C23H29N3O5/c1-6-26(14-16-7-9-20(10-8-16)25(2)3)15-21(27)24-19-12-17(22(28)30-4)11-18(13-19)23(29)31-5/h7-13H,6,14-15H2,1-5H3,(H,24,27)/p+1. The van der Waals surface area contributed by atoms with E-state index >= 15 is 0 Å². The number of methoxy groups -OCH3 is 2. The number of carbonyl (C=O) groups is 3. The molecule has 0 aliphatic heterocycles. The molecule has 0 saturated heterocycles. The van der Waals surface area contributed by atoms with Crippen LogP contribution in [0.25, 0.3) is 0 Å². The molecular weight excluding hydrogens is 398 g/mol. The number of amides is 1. The first-order valence-corrected chi connectivity index (χ1v) is 9.98. The highest BCUT2D eigenvalue weighted by Crippen LogP contribution is 2.17. The fourth-order valence-corrected chi connectivity index (χ4v) is 3.12. The van der Waals surface area contributed by atoms with Crippen LogP contribution in [0.4, 0.5) is 11.4 Å². The summed E-state index contributed by atoms with van der Waals surface area (Å²) in [6.07, 6.45) is 0. The average Bonchev–Trinajstić information content (AvgIpc) is 2.77. The van der Waals surface area contributed by atoms with Gasteiger partial charge in [-0.15, -0.1) is 0 Å². The Morgan fingerprint density at radius 1 is 0.935 bits per heavy atom. The number of benzene rings is 2. The van der Waals surface area contributed by atoms with Crippen LogP contribution in [0, 0.1) is 0 Å². The van der Waals surface area contributed by atoms with E-state index in [0.29, 0.717) is 12.2 Å². The third kappa shape index (κ3) is 6.82. The van der Waals surface area contributed by atoms with Crippen molar-refractivity contribution in [2.75, 3.05) is 51.6 Å². The van der Waals surface area contributed by atoms with Crippen molar-refractivity contribution < 1.29 is 28.8 Å². The molecular formula is C23H30N3O5+. The molecule has 0 spiro atoms. The van der Waals surface area contributed by atoms with Gasteiger partial charge in [-0.3, -0.25) is 4.79 Å². The lowest BCUT2D eigenvalue weighted by Crippen LogP contribution is -3.11. The van der Waals surface area contributed by atoms with Crippen molar-refractivity contribution in [3.63, 3.8) is 0 Å². The van der Waals surface area contributed by atoms with E-state index in [2.05, 4.69) is 29.6 Å². The summed E-state index contributed by atoms with van der Waals surface area (Å²) in [6.45, 7) is 3.72. The summed E-state index contributed by atoms with van der Waals surface area (Å²) in [4.78, 5) is 39.6. The molecule has 0 aliphatic carbocycles. The van der Waals surface area contributed by atoms with Crippen molar-refractivity contribution in [2.24, 2.45) is 0 Å². The Bertz CT molecular complexity index is 891. The summed E-state index contributed by atoms with van der Waals surface area (Å²) in [5, 5.41) is 2.77. The van der Waals surface area contributed by atoms with Crippen LogP contribution in [0.2, 0.25) is 0 Å². The predicted molar refractivity (Wildman–Crippen MR) is 119 cm³/mol. The van der Waals surface area contributed by atoms with Crippen LogP contribution in [0.5, 0.6) is 0 Å². The molecule has 0 aliphatic rings. The first-order chi connectivity index (χ1) is 14.8. The molecule has 1 amide bonds. The SMILES string of the molecule is CC[NH+](CC(=O)Nc1cc(C(=O)OC)cc(C(=O)OC)c1)Cc1ccc(N(C)C)cc1. The lowest BCUT2D eigenvalue weighted by Gasteiger charge is -2.18. The molecule has 1 atom stereocenters. The van der Waals surface area contributed by atoms with E-state index in [4.69, 9.17) is 9.47 Å². The largest absolute Gasteiger partial charge is 0.465 e. The van der Waals surface area contributed by atoms with Gasteiger partial charge >= 0.3 is 11.9 Å². The summed E-state index contributed by atoms with van der Waals surface area (Å²) >= 11 is 0. The zero-order valence-electron chi connectivity index (χ0n) is 18.7. The van der Waals surface area contributed by atoms with E-state index in [0.717, 1.165) is 22.7 Å². The van der Waals surface area contributed by atoms with Gasteiger partial charge in [0, 0.05) is 31.0 Å². The monoisotopic (exact) mass is 428 g/mol. The number of ether oxygens (including phenoxy) is 2. The maximum absolute atomic E-state index is 12.6. The van der Waals surface area contributed by atoms with Crippen molar-refractivity contribution in [3.8, 4) is 0 Å². The number of carbonyl (C=O) groups excluding carboxylic acids is 3. The van der Waals surface area contributed by atoms with Gasteiger partial charge in [0.25, 0.3) is 5.91 Å². The summed E-state index contributed by atoms with van der Waals surface area (Å²) in [7, 11) is 6.48. The van der Waals surface area contributed by atoms with Crippen LogP contribution < -0.4 is 15.1 Å². The zero-order chi connectivity index (χ0) is 23.0. The van der Waals surface area contributed by atoms with Crippen molar-refractivity contribution in [2.45, 2.75) is 13.5 Å². The number of nitrogens with one attached hydrogen (secondary N) is 2. The number of hydrogen-bond donors (Lipinski definition) is 2. The van der Waals surface area contributed by atoms with Gasteiger partial charge in [0.15, 0.2) is 6.54 Å². The van der Waals surface area contributed by atoms with Crippen LogP contribution in [-0.2, 0) is 20.8 Å². The van der Waals surface area contributed by atoms with Crippen molar-refractivity contribution >= 4 is 29.2 Å². The van der Waals surface area contributed by atoms with Crippen molar-refractivity contribution in [1.29, 1.82) is 0 Å². The van der Waals surface area contributed by atoms with Crippen LogP contribution in [0.3, 0.4) is 0 Å². The van der Waals surface area contributed by atoms with Gasteiger partial charge in [-0.05, 0) is 37.3 Å². The van der Waals surface area contributed by atoms with Gasteiger partial charge in [0.2, 0.25) is 0 Å². The van der Waals surface area contributed by atoms with E-state index in [1.165, 1.54) is 32.4 Å². The Kier molecular flexibility index (Phi) is 8.57. The Morgan fingerprint density at radius 2 is 1.48 bits per heavy atom. The molecule has 0 fully saturated rings. The molecule has 0 radical (unpaired) electrons. The summed E-state index contributed by atoms with van der Waals surface area (Å²) in [5.41, 5.74) is 2.89. The van der Waals surface area contributed by atoms with Crippen LogP contribution >= 0.6 is 0 Å². The van der Waals surface area contributed by atoms with E-state index in [1.54, 1.807) is 0 Å². The molecule has 166 valence electrons. The van der Waals surface area contributed by atoms with E-state index in [9.17, 15) is 14.4 Å². The summed E-state index contributed by atoms with van der Waals surface area (Å²) < 4.78 is 9.45. The number of likely N-dealkylation sites (N-methyl/N-ethyl adjacent to an activating group) is 1. The minimum Gasteiger partial charge on any atom is -0.465 e. The number of rotatable bonds is 9. The number of esters is 2.